The number of hydrogen-bond acceptors (Lipinski definition) is 5. The summed E-state index contributed by atoms with van der Waals surface area (Å²) in [6.45, 7) is 3.94. The van der Waals surface area contributed by atoms with Crippen LogP contribution < -0.4 is 4.90 Å². The monoisotopic (exact) mass is 471 g/mol. The molecule has 33 heavy (non-hydrogen) atoms. The number of aldehydes is 1. The molecule has 0 bridgehead atoms. The van der Waals surface area contributed by atoms with Crippen LogP contribution >= 0.6 is 0 Å². The van der Waals surface area contributed by atoms with Crippen LogP contribution in [-0.4, -0.2) is 63.2 Å². The number of halogens is 1. The van der Waals surface area contributed by atoms with E-state index in [4.69, 9.17) is 0 Å². The Bertz CT molecular complexity index is 1110. The summed E-state index contributed by atoms with van der Waals surface area (Å²) in [5.74, 6) is -0.371. The molecule has 8 heteroatoms. The topological polar surface area (TPSA) is 60.9 Å². The first-order valence-corrected chi connectivity index (χ1v) is 13.1. The molecule has 1 unspecified atom stereocenters. The Balaban J connectivity index is 1.33. The van der Waals surface area contributed by atoms with Crippen molar-refractivity contribution in [3.63, 3.8) is 0 Å². The van der Waals surface area contributed by atoms with Gasteiger partial charge in [-0.3, -0.25) is 4.90 Å². The van der Waals surface area contributed by atoms with Crippen molar-refractivity contribution >= 4 is 22.0 Å². The fourth-order valence-electron chi connectivity index (χ4n) is 5.19. The molecule has 176 valence electrons. The maximum absolute atomic E-state index is 15.1. The number of benzene rings is 2. The molecule has 1 atom stereocenters. The molecule has 2 aromatic rings. The van der Waals surface area contributed by atoms with Gasteiger partial charge in [-0.15, -0.1) is 0 Å². The molecule has 3 aliphatic rings. The van der Waals surface area contributed by atoms with E-state index in [2.05, 4.69) is 9.80 Å². The number of carbonyl (C=O) groups is 1. The van der Waals surface area contributed by atoms with Gasteiger partial charge in [-0.1, -0.05) is 36.4 Å². The minimum absolute atomic E-state index is 0.0312. The van der Waals surface area contributed by atoms with E-state index < -0.39 is 15.3 Å². The molecule has 0 N–H and O–H groups in total. The number of anilines is 1. The van der Waals surface area contributed by atoms with Crippen LogP contribution in [0, 0.1) is 11.2 Å². The van der Waals surface area contributed by atoms with E-state index in [1.807, 2.05) is 36.4 Å². The zero-order valence-electron chi connectivity index (χ0n) is 18.7. The second-order valence-corrected chi connectivity index (χ2v) is 11.8. The second kappa shape index (κ2) is 8.81. The van der Waals surface area contributed by atoms with Gasteiger partial charge in [0, 0.05) is 50.5 Å². The van der Waals surface area contributed by atoms with Crippen molar-refractivity contribution in [1.82, 2.24) is 9.21 Å². The Labute approximate surface area is 195 Å². The Kier molecular flexibility index (Phi) is 6.01. The van der Waals surface area contributed by atoms with Gasteiger partial charge in [-0.2, -0.15) is 4.31 Å². The van der Waals surface area contributed by atoms with Gasteiger partial charge in [0.25, 0.3) is 0 Å². The highest BCUT2D eigenvalue weighted by atomic mass is 32.2. The van der Waals surface area contributed by atoms with Crippen LogP contribution in [0.3, 0.4) is 0 Å². The molecule has 0 radical (unpaired) electrons. The molecule has 0 amide bonds. The predicted octanol–water partition coefficient (Wildman–Crippen LogP) is 3.20. The van der Waals surface area contributed by atoms with Crippen molar-refractivity contribution in [3.05, 3.63) is 65.5 Å². The number of nitrogens with zero attached hydrogens (tertiary/aromatic N) is 3. The number of hydrogen-bond donors (Lipinski definition) is 0. The van der Waals surface area contributed by atoms with Crippen LogP contribution in [0.25, 0.3) is 0 Å². The zero-order valence-corrected chi connectivity index (χ0v) is 19.5. The van der Waals surface area contributed by atoms with Crippen molar-refractivity contribution in [2.45, 2.75) is 31.1 Å². The third kappa shape index (κ3) is 4.56. The first kappa shape index (κ1) is 22.5. The Morgan fingerprint density at radius 2 is 1.76 bits per heavy atom. The van der Waals surface area contributed by atoms with Crippen molar-refractivity contribution in [1.29, 1.82) is 0 Å². The van der Waals surface area contributed by atoms with Crippen molar-refractivity contribution < 1.29 is 17.6 Å². The van der Waals surface area contributed by atoms with Gasteiger partial charge < -0.3 is 9.69 Å². The molecular formula is C25H30FN3O3S. The number of piperazine rings is 1. The molecule has 2 aromatic carbocycles. The largest absolute Gasteiger partial charge is 0.369 e. The third-order valence-electron chi connectivity index (χ3n) is 7.43. The van der Waals surface area contributed by atoms with Gasteiger partial charge in [0.05, 0.1) is 6.54 Å². The van der Waals surface area contributed by atoms with Gasteiger partial charge in [0.2, 0.25) is 10.0 Å². The van der Waals surface area contributed by atoms with Gasteiger partial charge >= 0.3 is 0 Å². The van der Waals surface area contributed by atoms with Gasteiger partial charge in [-0.25, -0.2) is 12.8 Å². The molecule has 6 nitrogen and oxygen atoms in total. The van der Waals surface area contributed by atoms with Gasteiger partial charge in [0.15, 0.2) is 0 Å². The molecule has 1 aliphatic carbocycles. The normalized spacial score (nSPS) is 24.6. The summed E-state index contributed by atoms with van der Waals surface area (Å²) < 4.78 is 43.7. The van der Waals surface area contributed by atoms with Crippen LogP contribution in [0.15, 0.2) is 48.5 Å². The van der Waals surface area contributed by atoms with E-state index in [-0.39, 0.29) is 17.8 Å². The van der Waals surface area contributed by atoms with Crippen LogP contribution in [-0.2, 0) is 21.4 Å². The smallest absolute Gasteiger partial charge is 0.221 e. The van der Waals surface area contributed by atoms with E-state index >= 15 is 4.39 Å². The molecule has 5 rings (SSSR count). The minimum atomic E-state index is -3.58. The summed E-state index contributed by atoms with van der Waals surface area (Å²) in [4.78, 5) is 14.9. The SMILES string of the molecule is O=CCN1CCN(c2ccc(CN3CC4(CC4)CC(c4ccccc4)S3(=O)=O)c(F)c2)CC1. The number of carbonyl (C=O) groups excluding carboxylic acids is 1. The lowest BCUT2D eigenvalue weighted by molar-refractivity contribution is -0.108. The second-order valence-electron chi connectivity index (χ2n) is 9.65. The maximum Gasteiger partial charge on any atom is 0.221 e. The van der Waals surface area contributed by atoms with Crippen LogP contribution in [0.2, 0.25) is 0 Å². The summed E-state index contributed by atoms with van der Waals surface area (Å²) in [6.07, 6.45) is 3.61. The van der Waals surface area contributed by atoms with E-state index in [0.29, 0.717) is 25.1 Å². The van der Waals surface area contributed by atoms with Crippen LogP contribution in [0.1, 0.15) is 35.6 Å². The fraction of sp³-hybridized carbons (Fsp3) is 0.480. The van der Waals surface area contributed by atoms with Crippen molar-refractivity contribution in [2.75, 3.05) is 44.2 Å². The lowest BCUT2D eigenvalue weighted by Crippen LogP contribution is -2.47. The average Bonchev–Trinajstić information content (AvgIpc) is 3.58. The molecule has 2 aliphatic heterocycles. The van der Waals surface area contributed by atoms with Crippen LogP contribution in [0.5, 0.6) is 0 Å². The number of rotatable bonds is 6. The first-order valence-electron chi connectivity index (χ1n) is 11.6. The van der Waals surface area contributed by atoms with E-state index in [9.17, 15) is 13.2 Å². The third-order valence-corrected chi connectivity index (χ3v) is 9.57. The maximum atomic E-state index is 15.1. The number of sulfonamides is 1. The lowest BCUT2D eigenvalue weighted by Gasteiger charge is -2.38. The Hall–Kier alpha value is -2.29. The average molecular weight is 472 g/mol. The first-order chi connectivity index (χ1) is 15.9. The van der Waals surface area contributed by atoms with Crippen molar-refractivity contribution in [2.24, 2.45) is 5.41 Å². The van der Waals surface area contributed by atoms with E-state index in [0.717, 1.165) is 56.6 Å². The molecule has 1 saturated carbocycles. The Morgan fingerprint density at radius 1 is 1.03 bits per heavy atom. The fourth-order valence-corrected chi connectivity index (χ4v) is 7.39. The summed E-state index contributed by atoms with van der Waals surface area (Å²) in [7, 11) is -3.58. The molecule has 1 spiro atoms. The van der Waals surface area contributed by atoms with Crippen LogP contribution in [0.4, 0.5) is 10.1 Å². The van der Waals surface area contributed by atoms with E-state index in [1.165, 1.54) is 10.4 Å². The highest BCUT2D eigenvalue weighted by molar-refractivity contribution is 7.89. The molecule has 2 saturated heterocycles. The summed E-state index contributed by atoms with van der Waals surface area (Å²) in [6, 6.07) is 14.5. The van der Waals surface area contributed by atoms with Gasteiger partial charge in [-0.05, 0) is 42.4 Å². The summed E-state index contributed by atoms with van der Waals surface area (Å²) >= 11 is 0. The highest BCUT2D eigenvalue weighted by Crippen LogP contribution is 2.57. The highest BCUT2D eigenvalue weighted by Gasteiger charge is 2.54. The molecule has 3 fully saturated rings. The molecular weight excluding hydrogens is 441 g/mol. The summed E-state index contributed by atoms with van der Waals surface area (Å²) in [5, 5.41) is -0.569. The quantitative estimate of drug-likeness (QED) is 0.606. The van der Waals surface area contributed by atoms with Gasteiger partial charge in [0.1, 0.15) is 17.4 Å². The van der Waals surface area contributed by atoms with Crippen molar-refractivity contribution in [3.8, 4) is 0 Å². The zero-order chi connectivity index (χ0) is 23.1. The molecule has 0 aromatic heterocycles. The minimum Gasteiger partial charge on any atom is -0.369 e. The standard InChI is InChI=1S/C25H30FN3O3S/c26-23-16-22(28-12-10-27(11-13-28)14-15-30)7-6-21(23)18-29-19-25(8-9-25)17-24(33(29,31)32)20-4-2-1-3-5-20/h1-7,15-16,24H,8-14,17-19H2. The van der Waals surface area contributed by atoms with E-state index in [1.54, 1.807) is 6.07 Å². The Morgan fingerprint density at radius 3 is 2.39 bits per heavy atom. The predicted molar refractivity (Wildman–Crippen MR) is 126 cm³/mol. The lowest BCUT2D eigenvalue weighted by atomic mass is 9.95. The molecule has 2 heterocycles. The summed E-state index contributed by atoms with van der Waals surface area (Å²) in [5.41, 5.74) is 2.05.